The number of nitrogens with two attached hydrogens (primary N) is 1. The van der Waals surface area contributed by atoms with Gasteiger partial charge in [0.1, 0.15) is 10.6 Å². The van der Waals surface area contributed by atoms with Crippen LogP contribution in [-0.2, 0) is 16.6 Å². The van der Waals surface area contributed by atoms with Crippen LogP contribution in [0.25, 0.3) is 16.9 Å². The Bertz CT molecular complexity index is 1050. The van der Waals surface area contributed by atoms with E-state index >= 15 is 0 Å². The molecule has 0 atom stereocenters. The highest BCUT2D eigenvalue weighted by Gasteiger charge is 2.21. The van der Waals surface area contributed by atoms with E-state index in [1.165, 1.54) is 23.0 Å². The van der Waals surface area contributed by atoms with Gasteiger partial charge < -0.3 is 10.2 Å². The van der Waals surface area contributed by atoms with E-state index in [2.05, 4.69) is 5.10 Å². The SMILES string of the molecule is NS(=O)(=O)c1cccc(CO)c1-n1nccc1-c1ccc(O)c(I)c1. The van der Waals surface area contributed by atoms with Crippen molar-refractivity contribution in [3.8, 4) is 22.7 Å². The molecule has 0 spiro atoms. The summed E-state index contributed by atoms with van der Waals surface area (Å²) in [4.78, 5) is -0.127. The molecule has 4 N–H and O–H groups in total. The molecule has 1 aromatic heterocycles. The van der Waals surface area contributed by atoms with Crippen LogP contribution >= 0.6 is 22.6 Å². The van der Waals surface area contributed by atoms with Crippen molar-refractivity contribution in [2.45, 2.75) is 11.5 Å². The van der Waals surface area contributed by atoms with Gasteiger partial charge in [0, 0.05) is 11.1 Å². The highest BCUT2D eigenvalue weighted by atomic mass is 127. The normalized spacial score (nSPS) is 11.6. The summed E-state index contributed by atoms with van der Waals surface area (Å²) in [6.45, 7) is -0.370. The summed E-state index contributed by atoms with van der Waals surface area (Å²) < 4.78 is 26.0. The van der Waals surface area contributed by atoms with Crippen molar-refractivity contribution >= 4 is 32.6 Å². The van der Waals surface area contributed by atoms with E-state index in [-0.39, 0.29) is 22.9 Å². The number of nitrogens with zero attached hydrogens (tertiary/aromatic N) is 2. The third-order valence-electron chi connectivity index (χ3n) is 3.66. The Morgan fingerprint density at radius 3 is 2.60 bits per heavy atom. The molecule has 0 amide bonds. The minimum absolute atomic E-state index is 0.127. The van der Waals surface area contributed by atoms with E-state index < -0.39 is 10.0 Å². The molecule has 3 rings (SSSR count). The molecule has 0 unspecified atom stereocenters. The number of rotatable bonds is 4. The van der Waals surface area contributed by atoms with Gasteiger partial charge in [-0.15, -0.1) is 0 Å². The Morgan fingerprint density at radius 1 is 1.20 bits per heavy atom. The van der Waals surface area contributed by atoms with Gasteiger partial charge in [0.05, 0.1) is 27.8 Å². The van der Waals surface area contributed by atoms with Gasteiger partial charge in [-0.3, -0.25) is 0 Å². The monoisotopic (exact) mass is 471 g/mol. The molecule has 0 saturated carbocycles. The van der Waals surface area contributed by atoms with Crippen LogP contribution in [0.4, 0.5) is 0 Å². The van der Waals surface area contributed by atoms with Crippen LogP contribution in [0.3, 0.4) is 0 Å². The zero-order chi connectivity index (χ0) is 18.2. The molecule has 7 nitrogen and oxygen atoms in total. The van der Waals surface area contributed by atoms with E-state index in [0.717, 1.165) is 5.56 Å². The van der Waals surface area contributed by atoms with Crippen LogP contribution in [-0.4, -0.2) is 28.4 Å². The summed E-state index contributed by atoms with van der Waals surface area (Å²) in [5, 5.41) is 28.9. The molecule has 0 bridgehead atoms. The summed E-state index contributed by atoms with van der Waals surface area (Å²) in [6, 6.07) is 11.2. The highest BCUT2D eigenvalue weighted by Crippen LogP contribution is 2.31. The molecule has 0 saturated heterocycles. The quantitative estimate of drug-likeness (QED) is 0.503. The Hall–Kier alpha value is -1.95. The maximum atomic E-state index is 12.0. The lowest BCUT2D eigenvalue weighted by atomic mass is 10.1. The van der Waals surface area contributed by atoms with Gasteiger partial charge >= 0.3 is 0 Å². The number of hydrogen-bond acceptors (Lipinski definition) is 5. The minimum Gasteiger partial charge on any atom is -0.507 e. The minimum atomic E-state index is -4.02. The molecule has 25 heavy (non-hydrogen) atoms. The second-order valence-electron chi connectivity index (χ2n) is 5.26. The van der Waals surface area contributed by atoms with Crippen molar-refractivity contribution in [1.29, 1.82) is 0 Å². The van der Waals surface area contributed by atoms with E-state index in [0.29, 0.717) is 14.8 Å². The molecular formula is C16H14IN3O4S. The molecule has 0 aliphatic heterocycles. The predicted octanol–water partition coefficient (Wildman–Crippen LogP) is 1.99. The molecule has 0 aliphatic rings. The topological polar surface area (TPSA) is 118 Å². The summed E-state index contributed by atoms with van der Waals surface area (Å²) in [5.74, 6) is 0.149. The number of para-hydroxylation sites is 1. The summed E-state index contributed by atoms with van der Waals surface area (Å²) >= 11 is 2.00. The van der Waals surface area contributed by atoms with Gasteiger partial charge in [-0.1, -0.05) is 12.1 Å². The third-order valence-corrected chi connectivity index (χ3v) is 5.46. The Morgan fingerprint density at radius 2 is 1.96 bits per heavy atom. The van der Waals surface area contributed by atoms with Gasteiger partial charge in [0.25, 0.3) is 0 Å². The Labute approximate surface area is 157 Å². The third kappa shape index (κ3) is 3.40. The van der Waals surface area contributed by atoms with Gasteiger partial charge in [-0.25, -0.2) is 18.2 Å². The van der Waals surface area contributed by atoms with Crippen molar-refractivity contribution in [3.05, 3.63) is 57.8 Å². The lowest BCUT2D eigenvalue weighted by Gasteiger charge is -2.15. The van der Waals surface area contributed by atoms with Gasteiger partial charge in [-0.05, 0) is 52.9 Å². The second-order valence-corrected chi connectivity index (χ2v) is 7.95. The molecular weight excluding hydrogens is 457 g/mol. The van der Waals surface area contributed by atoms with E-state index in [1.54, 1.807) is 30.3 Å². The number of aromatic nitrogens is 2. The summed E-state index contributed by atoms with van der Waals surface area (Å²) in [6.07, 6.45) is 1.52. The molecule has 0 radical (unpaired) electrons. The highest BCUT2D eigenvalue weighted by molar-refractivity contribution is 14.1. The summed E-state index contributed by atoms with van der Waals surface area (Å²) in [5.41, 5.74) is 1.91. The molecule has 2 aromatic carbocycles. The van der Waals surface area contributed by atoms with Gasteiger partial charge in [0.2, 0.25) is 10.0 Å². The largest absolute Gasteiger partial charge is 0.507 e. The average molecular weight is 471 g/mol. The van der Waals surface area contributed by atoms with Crippen molar-refractivity contribution in [2.75, 3.05) is 0 Å². The first kappa shape index (κ1) is 17.9. The number of aromatic hydroxyl groups is 1. The number of halogens is 1. The lowest BCUT2D eigenvalue weighted by molar-refractivity contribution is 0.281. The number of primary sulfonamides is 1. The fourth-order valence-electron chi connectivity index (χ4n) is 2.53. The van der Waals surface area contributed by atoms with Gasteiger partial charge in [-0.2, -0.15) is 5.10 Å². The first-order chi connectivity index (χ1) is 11.8. The number of benzene rings is 2. The predicted molar refractivity (Wildman–Crippen MR) is 101 cm³/mol. The van der Waals surface area contributed by atoms with Crippen LogP contribution in [0.2, 0.25) is 0 Å². The van der Waals surface area contributed by atoms with Crippen molar-refractivity contribution < 1.29 is 18.6 Å². The number of phenols is 1. The zero-order valence-electron chi connectivity index (χ0n) is 12.8. The molecule has 3 aromatic rings. The second kappa shape index (κ2) is 6.75. The Balaban J connectivity index is 2.30. The van der Waals surface area contributed by atoms with Crippen LogP contribution in [0.5, 0.6) is 5.75 Å². The van der Waals surface area contributed by atoms with E-state index in [4.69, 9.17) is 5.14 Å². The van der Waals surface area contributed by atoms with Crippen LogP contribution in [0.1, 0.15) is 5.56 Å². The zero-order valence-corrected chi connectivity index (χ0v) is 15.8. The van der Waals surface area contributed by atoms with E-state index in [1.807, 2.05) is 22.6 Å². The Kier molecular flexibility index (Phi) is 4.82. The molecule has 130 valence electrons. The van der Waals surface area contributed by atoms with Gasteiger partial charge in [0.15, 0.2) is 0 Å². The molecule has 0 fully saturated rings. The maximum absolute atomic E-state index is 12.0. The number of phenolic OH excluding ortho intramolecular Hbond substituents is 1. The lowest BCUT2D eigenvalue weighted by Crippen LogP contribution is -2.17. The molecule has 1 heterocycles. The van der Waals surface area contributed by atoms with Crippen molar-refractivity contribution in [3.63, 3.8) is 0 Å². The first-order valence-electron chi connectivity index (χ1n) is 7.12. The standard InChI is InChI=1S/C16H14IN3O4S/c17-12-8-10(4-5-14(12)22)13-6-7-19-20(13)16-11(9-21)2-1-3-15(16)25(18,23)24/h1-8,21-22H,9H2,(H2,18,23,24). The number of sulfonamides is 1. The fraction of sp³-hybridized carbons (Fsp3) is 0.0625. The summed E-state index contributed by atoms with van der Waals surface area (Å²) in [7, 11) is -4.02. The smallest absolute Gasteiger partial charge is 0.240 e. The maximum Gasteiger partial charge on any atom is 0.240 e. The van der Waals surface area contributed by atoms with Crippen LogP contribution < -0.4 is 5.14 Å². The average Bonchev–Trinajstić information content (AvgIpc) is 3.05. The number of aliphatic hydroxyl groups is 1. The van der Waals surface area contributed by atoms with Crippen molar-refractivity contribution in [2.24, 2.45) is 5.14 Å². The van der Waals surface area contributed by atoms with E-state index in [9.17, 15) is 18.6 Å². The van der Waals surface area contributed by atoms with Crippen molar-refractivity contribution in [1.82, 2.24) is 9.78 Å². The first-order valence-corrected chi connectivity index (χ1v) is 9.74. The van der Waals surface area contributed by atoms with Crippen LogP contribution in [0.15, 0.2) is 53.6 Å². The van der Waals surface area contributed by atoms with Crippen LogP contribution in [0, 0.1) is 3.57 Å². The molecule has 9 heteroatoms. The number of hydrogen-bond donors (Lipinski definition) is 3. The molecule has 0 aliphatic carbocycles. The number of aliphatic hydroxyl groups excluding tert-OH is 1. The fourth-order valence-corrected chi connectivity index (χ4v) is 3.80.